The first-order chi connectivity index (χ1) is 12.1. The molecule has 2 aliphatic rings. The van der Waals surface area contributed by atoms with Crippen LogP contribution in [0.3, 0.4) is 0 Å². The largest absolute Gasteiger partial charge is 0.490 e. The Bertz CT molecular complexity index is 647. The molecule has 2 saturated heterocycles. The zero-order valence-electron chi connectivity index (χ0n) is 14.7. The number of halogens is 1. The summed E-state index contributed by atoms with van der Waals surface area (Å²) >= 11 is 1.51. The number of ether oxygens (including phenoxy) is 1. The fraction of sp³-hybridized carbons (Fsp3) is 0.588. The van der Waals surface area contributed by atoms with Crippen LogP contribution in [0.15, 0.2) is 18.2 Å². The molecular weight excluding hydrogens is 378 g/mol. The van der Waals surface area contributed by atoms with Crippen molar-refractivity contribution in [3.63, 3.8) is 0 Å². The van der Waals surface area contributed by atoms with E-state index < -0.39 is 4.92 Å². The number of carbonyl (C=O) groups excluding carboxylic acids is 1. The van der Waals surface area contributed by atoms with Gasteiger partial charge in [-0.2, -0.15) is 0 Å². The first kappa shape index (κ1) is 20.8. The smallest absolute Gasteiger partial charge is 0.311 e. The molecule has 3 rings (SSSR count). The molecule has 26 heavy (non-hydrogen) atoms. The Hall–Kier alpha value is -1.51. The van der Waals surface area contributed by atoms with Gasteiger partial charge in [0.1, 0.15) is 0 Å². The Morgan fingerprint density at radius 1 is 1.38 bits per heavy atom. The van der Waals surface area contributed by atoms with Gasteiger partial charge < -0.3 is 15.0 Å². The third-order valence-electron chi connectivity index (χ3n) is 4.88. The molecular formula is C17H24ClN3O4S. The Labute approximate surface area is 163 Å². The molecule has 2 heterocycles. The lowest BCUT2D eigenvalue weighted by atomic mass is 10.1. The van der Waals surface area contributed by atoms with Gasteiger partial charge in [-0.3, -0.25) is 14.9 Å². The Kier molecular flexibility index (Phi) is 7.55. The van der Waals surface area contributed by atoms with E-state index in [-0.39, 0.29) is 29.8 Å². The van der Waals surface area contributed by atoms with Crippen molar-refractivity contribution < 1.29 is 14.5 Å². The molecule has 1 N–H and O–H groups in total. The van der Waals surface area contributed by atoms with Gasteiger partial charge in [-0.05, 0) is 37.4 Å². The predicted molar refractivity (Wildman–Crippen MR) is 104 cm³/mol. The lowest BCUT2D eigenvalue weighted by molar-refractivity contribution is -0.385. The second-order valence-corrected chi connectivity index (χ2v) is 7.42. The SMILES string of the molecule is COc1ccc(CSCC(=O)N2C3CCNCC2CC3)cc1[N+](=O)[O-].Cl. The van der Waals surface area contributed by atoms with Crippen LogP contribution in [0.1, 0.15) is 24.8 Å². The normalized spacial score (nSPS) is 21.7. The third kappa shape index (κ3) is 4.61. The second-order valence-electron chi connectivity index (χ2n) is 6.43. The molecule has 1 amide bonds. The Morgan fingerprint density at radius 3 is 2.88 bits per heavy atom. The van der Waals surface area contributed by atoms with E-state index in [1.165, 1.54) is 24.9 Å². The fourth-order valence-electron chi connectivity index (χ4n) is 3.69. The summed E-state index contributed by atoms with van der Waals surface area (Å²) in [5, 5.41) is 14.5. The highest BCUT2D eigenvalue weighted by atomic mass is 35.5. The molecule has 0 radical (unpaired) electrons. The number of nitro benzene ring substituents is 1. The van der Waals surface area contributed by atoms with Crippen LogP contribution in [0.4, 0.5) is 5.69 Å². The number of fused-ring (bicyclic) bond motifs is 2. The molecule has 9 heteroatoms. The van der Waals surface area contributed by atoms with Crippen molar-refractivity contribution in [2.75, 3.05) is 26.0 Å². The maximum atomic E-state index is 12.6. The summed E-state index contributed by atoms with van der Waals surface area (Å²) in [6.07, 6.45) is 3.21. The highest BCUT2D eigenvalue weighted by Gasteiger charge is 2.37. The number of rotatable bonds is 6. The molecule has 2 atom stereocenters. The molecule has 2 bridgehead atoms. The summed E-state index contributed by atoms with van der Waals surface area (Å²) in [5.41, 5.74) is 0.786. The summed E-state index contributed by atoms with van der Waals surface area (Å²) in [4.78, 5) is 25.3. The number of hydrogen-bond donors (Lipinski definition) is 1. The van der Waals surface area contributed by atoms with Gasteiger partial charge in [0.2, 0.25) is 5.91 Å². The molecule has 1 aromatic carbocycles. The first-order valence-electron chi connectivity index (χ1n) is 8.51. The number of amides is 1. The minimum absolute atomic E-state index is 0. The Morgan fingerprint density at radius 2 is 2.15 bits per heavy atom. The van der Waals surface area contributed by atoms with Gasteiger partial charge in [0.05, 0.1) is 17.8 Å². The van der Waals surface area contributed by atoms with E-state index in [2.05, 4.69) is 10.2 Å². The topological polar surface area (TPSA) is 84.7 Å². The van der Waals surface area contributed by atoms with Crippen molar-refractivity contribution in [2.24, 2.45) is 0 Å². The average Bonchev–Trinajstić information content (AvgIpc) is 2.87. The zero-order chi connectivity index (χ0) is 17.8. The van der Waals surface area contributed by atoms with Gasteiger partial charge in [0.25, 0.3) is 0 Å². The van der Waals surface area contributed by atoms with Gasteiger partial charge in [-0.15, -0.1) is 24.2 Å². The van der Waals surface area contributed by atoms with E-state index in [1.807, 2.05) is 6.07 Å². The number of carbonyl (C=O) groups is 1. The van der Waals surface area contributed by atoms with E-state index in [4.69, 9.17) is 4.74 Å². The standard InChI is InChI=1S/C17H23N3O4S.ClH/c1-24-16-5-2-12(8-15(16)20(22)23)10-25-11-17(21)19-13-3-4-14(19)9-18-7-6-13;/h2,5,8,13-14,18H,3-4,6-7,9-11H2,1H3;1H. The van der Waals surface area contributed by atoms with Crippen molar-refractivity contribution in [3.8, 4) is 5.75 Å². The first-order valence-corrected chi connectivity index (χ1v) is 9.66. The minimum Gasteiger partial charge on any atom is -0.490 e. The number of nitrogens with one attached hydrogen (secondary N) is 1. The second kappa shape index (κ2) is 9.43. The summed E-state index contributed by atoms with van der Waals surface area (Å²) < 4.78 is 5.01. The molecule has 1 aromatic rings. The number of benzene rings is 1. The van der Waals surface area contributed by atoms with Crippen LogP contribution in [0, 0.1) is 10.1 Å². The van der Waals surface area contributed by atoms with E-state index in [0.717, 1.165) is 37.9 Å². The molecule has 144 valence electrons. The maximum Gasteiger partial charge on any atom is 0.311 e. The average molecular weight is 402 g/mol. The van der Waals surface area contributed by atoms with Crippen molar-refractivity contribution >= 4 is 35.8 Å². The van der Waals surface area contributed by atoms with Crippen LogP contribution in [0.25, 0.3) is 0 Å². The van der Waals surface area contributed by atoms with E-state index >= 15 is 0 Å². The lowest BCUT2D eigenvalue weighted by Crippen LogP contribution is -2.43. The molecule has 0 aromatic heterocycles. The van der Waals surface area contributed by atoms with Gasteiger partial charge in [0, 0.05) is 30.4 Å². The van der Waals surface area contributed by atoms with E-state index in [0.29, 0.717) is 23.6 Å². The van der Waals surface area contributed by atoms with Gasteiger partial charge in [-0.1, -0.05) is 6.07 Å². The van der Waals surface area contributed by atoms with Gasteiger partial charge in [-0.25, -0.2) is 0 Å². The molecule has 0 spiro atoms. The number of nitrogens with zero attached hydrogens (tertiary/aromatic N) is 2. The number of nitro groups is 1. The predicted octanol–water partition coefficient (Wildman–Crippen LogP) is 2.61. The summed E-state index contributed by atoms with van der Waals surface area (Å²) in [6, 6.07) is 5.63. The fourth-order valence-corrected chi connectivity index (χ4v) is 4.53. The van der Waals surface area contributed by atoms with Crippen molar-refractivity contribution in [2.45, 2.75) is 37.1 Å². The molecule has 0 saturated carbocycles. The van der Waals surface area contributed by atoms with Crippen LogP contribution in [-0.2, 0) is 10.5 Å². The zero-order valence-corrected chi connectivity index (χ0v) is 16.3. The van der Waals surface area contributed by atoms with E-state index in [9.17, 15) is 14.9 Å². The summed E-state index contributed by atoms with van der Waals surface area (Å²) in [5.74, 6) is 1.41. The van der Waals surface area contributed by atoms with Crippen molar-refractivity contribution in [3.05, 3.63) is 33.9 Å². The summed E-state index contributed by atoms with van der Waals surface area (Å²) in [7, 11) is 1.42. The number of methoxy groups -OCH3 is 1. The van der Waals surface area contributed by atoms with E-state index in [1.54, 1.807) is 6.07 Å². The molecule has 0 aliphatic carbocycles. The van der Waals surface area contributed by atoms with Crippen molar-refractivity contribution in [1.29, 1.82) is 0 Å². The van der Waals surface area contributed by atoms with Crippen molar-refractivity contribution in [1.82, 2.24) is 10.2 Å². The molecule has 2 aliphatic heterocycles. The van der Waals surface area contributed by atoms with Crippen LogP contribution in [-0.4, -0.2) is 53.8 Å². The molecule has 7 nitrogen and oxygen atoms in total. The third-order valence-corrected chi connectivity index (χ3v) is 5.86. The molecule has 2 fully saturated rings. The number of thioether (sulfide) groups is 1. The van der Waals surface area contributed by atoms with Crippen LogP contribution >= 0.6 is 24.2 Å². The number of hydrogen-bond acceptors (Lipinski definition) is 6. The van der Waals surface area contributed by atoms with Crippen LogP contribution in [0.5, 0.6) is 5.75 Å². The molecule has 2 unspecified atom stereocenters. The minimum atomic E-state index is -0.444. The van der Waals surface area contributed by atoms with Gasteiger partial charge >= 0.3 is 5.69 Å². The van der Waals surface area contributed by atoms with Gasteiger partial charge in [0.15, 0.2) is 5.75 Å². The highest BCUT2D eigenvalue weighted by Crippen LogP contribution is 2.31. The Balaban J connectivity index is 0.00000243. The summed E-state index contributed by atoms with van der Waals surface area (Å²) in [6.45, 7) is 1.87. The maximum absolute atomic E-state index is 12.6. The lowest BCUT2D eigenvalue weighted by Gasteiger charge is -2.27. The van der Waals surface area contributed by atoms with Crippen LogP contribution < -0.4 is 10.1 Å². The monoisotopic (exact) mass is 401 g/mol. The van der Waals surface area contributed by atoms with Crippen LogP contribution in [0.2, 0.25) is 0 Å². The quantitative estimate of drug-likeness (QED) is 0.582. The highest BCUT2D eigenvalue weighted by molar-refractivity contribution is 7.99.